The minimum atomic E-state index is -1.02. The second-order valence-corrected chi connectivity index (χ2v) is 2.70. The van der Waals surface area contributed by atoms with Crippen molar-refractivity contribution in [3.05, 3.63) is 0 Å². The summed E-state index contributed by atoms with van der Waals surface area (Å²) < 4.78 is 5.09. The fraction of sp³-hybridized carbons (Fsp3) is 0.714. The average molecular weight is 188 g/mol. The zero-order chi connectivity index (χ0) is 9.84. The number of morpholine rings is 1. The molecule has 1 saturated heterocycles. The van der Waals surface area contributed by atoms with Crippen molar-refractivity contribution in [1.29, 1.82) is 0 Å². The first-order chi connectivity index (χ1) is 6.15. The SMILES string of the molecule is CNC(=O)C1CN(C(=O)O)CCO1. The molecular weight excluding hydrogens is 176 g/mol. The average Bonchev–Trinajstić information content (AvgIpc) is 2.17. The van der Waals surface area contributed by atoms with Gasteiger partial charge in [-0.25, -0.2) is 4.79 Å². The van der Waals surface area contributed by atoms with Crippen molar-refractivity contribution in [1.82, 2.24) is 10.2 Å². The summed E-state index contributed by atoms with van der Waals surface area (Å²) in [6.45, 7) is 0.697. The Balaban J connectivity index is 2.51. The predicted octanol–water partition coefficient (Wildman–Crippen LogP) is -0.889. The van der Waals surface area contributed by atoms with Gasteiger partial charge < -0.3 is 20.1 Å². The van der Waals surface area contributed by atoms with E-state index in [4.69, 9.17) is 9.84 Å². The van der Waals surface area contributed by atoms with Crippen LogP contribution < -0.4 is 5.32 Å². The first-order valence-corrected chi connectivity index (χ1v) is 3.96. The van der Waals surface area contributed by atoms with Crippen LogP contribution in [-0.2, 0) is 9.53 Å². The van der Waals surface area contributed by atoms with E-state index in [-0.39, 0.29) is 19.1 Å². The molecule has 74 valence electrons. The molecule has 0 radical (unpaired) electrons. The predicted molar refractivity (Wildman–Crippen MR) is 43.4 cm³/mol. The molecule has 13 heavy (non-hydrogen) atoms. The number of carboxylic acid groups (broad SMARTS) is 1. The van der Waals surface area contributed by atoms with E-state index in [1.54, 1.807) is 0 Å². The summed E-state index contributed by atoms with van der Waals surface area (Å²) >= 11 is 0. The highest BCUT2D eigenvalue weighted by molar-refractivity contribution is 5.81. The second-order valence-electron chi connectivity index (χ2n) is 2.70. The molecule has 0 aromatic rings. The second kappa shape index (κ2) is 4.08. The molecule has 0 aromatic carbocycles. The number of carbonyl (C=O) groups is 2. The number of amides is 2. The van der Waals surface area contributed by atoms with Gasteiger partial charge in [0.2, 0.25) is 0 Å². The van der Waals surface area contributed by atoms with E-state index in [1.807, 2.05) is 0 Å². The molecule has 1 aliphatic rings. The summed E-state index contributed by atoms with van der Waals surface area (Å²) in [6.07, 6.45) is -1.69. The first kappa shape index (κ1) is 9.79. The van der Waals surface area contributed by atoms with Crippen LogP contribution in [0.5, 0.6) is 0 Å². The third-order valence-electron chi connectivity index (χ3n) is 1.88. The summed E-state index contributed by atoms with van der Waals surface area (Å²) in [5.74, 6) is -0.286. The summed E-state index contributed by atoms with van der Waals surface area (Å²) in [6, 6.07) is 0. The fourth-order valence-corrected chi connectivity index (χ4v) is 1.14. The molecule has 0 bridgehead atoms. The molecule has 1 aliphatic heterocycles. The Morgan fingerprint density at radius 3 is 2.85 bits per heavy atom. The normalized spacial score (nSPS) is 22.5. The van der Waals surface area contributed by atoms with Crippen LogP contribution in [0, 0.1) is 0 Å². The number of nitrogens with one attached hydrogen (secondary N) is 1. The monoisotopic (exact) mass is 188 g/mol. The minimum Gasteiger partial charge on any atom is -0.465 e. The van der Waals surface area contributed by atoms with Gasteiger partial charge in [0, 0.05) is 13.6 Å². The van der Waals surface area contributed by atoms with Gasteiger partial charge in [-0.1, -0.05) is 0 Å². The Kier molecular flexibility index (Phi) is 3.07. The van der Waals surface area contributed by atoms with Crippen LogP contribution in [0.3, 0.4) is 0 Å². The van der Waals surface area contributed by atoms with Gasteiger partial charge in [-0.15, -0.1) is 0 Å². The number of ether oxygens (including phenoxy) is 1. The van der Waals surface area contributed by atoms with Gasteiger partial charge in [-0.3, -0.25) is 4.79 Å². The summed E-state index contributed by atoms with van der Waals surface area (Å²) in [5, 5.41) is 11.1. The molecule has 0 saturated carbocycles. The van der Waals surface area contributed by atoms with E-state index in [1.165, 1.54) is 11.9 Å². The molecule has 6 nitrogen and oxygen atoms in total. The highest BCUT2D eigenvalue weighted by Crippen LogP contribution is 2.04. The molecule has 1 fully saturated rings. The lowest BCUT2D eigenvalue weighted by molar-refractivity contribution is -0.136. The van der Waals surface area contributed by atoms with Crippen molar-refractivity contribution >= 4 is 12.0 Å². The summed E-state index contributed by atoms with van der Waals surface area (Å²) in [5.41, 5.74) is 0. The van der Waals surface area contributed by atoms with Crippen molar-refractivity contribution in [2.75, 3.05) is 26.7 Å². The third-order valence-corrected chi connectivity index (χ3v) is 1.88. The van der Waals surface area contributed by atoms with Crippen LogP contribution in [0.25, 0.3) is 0 Å². The molecule has 1 rings (SSSR count). The number of hydrogen-bond donors (Lipinski definition) is 2. The number of hydrogen-bond acceptors (Lipinski definition) is 3. The van der Waals surface area contributed by atoms with Gasteiger partial charge in [-0.05, 0) is 0 Å². The standard InChI is InChI=1S/C7H12N2O4/c1-8-6(10)5-4-9(7(11)12)2-3-13-5/h5H,2-4H2,1H3,(H,8,10)(H,11,12). The molecule has 0 spiro atoms. The third kappa shape index (κ3) is 2.32. The molecule has 0 aliphatic carbocycles. The number of likely N-dealkylation sites (N-methyl/N-ethyl adjacent to an activating group) is 1. The van der Waals surface area contributed by atoms with Gasteiger partial charge in [0.1, 0.15) is 0 Å². The van der Waals surface area contributed by atoms with Crippen LogP contribution in [0.15, 0.2) is 0 Å². The maximum absolute atomic E-state index is 11.1. The van der Waals surface area contributed by atoms with Crippen LogP contribution in [0.1, 0.15) is 0 Å². The largest absolute Gasteiger partial charge is 0.465 e. The maximum atomic E-state index is 11.1. The maximum Gasteiger partial charge on any atom is 0.407 e. The van der Waals surface area contributed by atoms with Crippen molar-refractivity contribution in [2.24, 2.45) is 0 Å². The molecular formula is C7H12N2O4. The van der Waals surface area contributed by atoms with Crippen LogP contribution >= 0.6 is 0 Å². The van der Waals surface area contributed by atoms with E-state index in [0.717, 1.165) is 0 Å². The smallest absolute Gasteiger partial charge is 0.407 e. The summed E-state index contributed by atoms with van der Waals surface area (Å²) in [4.78, 5) is 22.8. The lowest BCUT2D eigenvalue weighted by Gasteiger charge is -2.29. The summed E-state index contributed by atoms with van der Waals surface area (Å²) in [7, 11) is 1.49. The lowest BCUT2D eigenvalue weighted by Crippen LogP contribution is -2.50. The van der Waals surface area contributed by atoms with Gasteiger partial charge in [-0.2, -0.15) is 0 Å². The first-order valence-electron chi connectivity index (χ1n) is 3.96. The Morgan fingerprint density at radius 2 is 2.31 bits per heavy atom. The van der Waals surface area contributed by atoms with Gasteiger partial charge in [0.25, 0.3) is 5.91 Å². The quantitative estimate of drug-likeness (QED) is 0.559. The van der Waals surface area contributed by atoms with E-state index in [9.17, 15) is 9.59 Å². The van der Waals surface area contributed by atoms with Gasteiger partial charge >= 0.3 is 6.09 Å². The van der Waals surface area contributed by atoms with E-state index >= 15 is 0 Å². The van der Waals surface area contributed by atoms with Gasteiger partial charge in [0.05, 0.1) is 13.2 Å². The molecule has 6 heteroatoms. The van der Waals surface area contributed by atoms with Crippen molar-refractivity contribution in [2.45, 2.75) is 6.10 Å². The molecule has 1 heterocycles. The fourth-order valence-electron chi connectivity index (χ4n) is 1.14. The Morgan fingerprint density at radius 1 is 1.62 bits per heavy atom. The molecule has 1 unspecified atom stereocenters. The van der Waals surface area contributed by atoms with E-state index in [0.29, 0.717) is 6.54 Å². The van der Waals surface area contributed by atoms with Crippen molar-refractivity contribution in [3.8, 4) is 0 Å². The topological polar surface area (TPSA) is 78.9 Å². The highest BCUT2D eigenvalue weighted by atomic mass is 16.5. The molecule has 1 atom stereocenters. The zero-order valence-electron chi connectivity index (χ0n) is 7.32. The lowest BCUT2D eigenvalue weighted by atomic mass is 10.2. The number of nitrogens with zero attached hydrogens (tertiary/aromatic N) is 1. The Bertz CT molecular complexity index is 219. The van der Waals surface area contributed by atoms with Gasteiger partial charge in [0.15, 0.2) is 6.10 Å². The molecule has 0 aromatic heterocycles. The molecule has 2 N–H and O–H groups in total. The van der Waals surface area contributed by atoms with E-state index < -0.39 is 12.2 Å². The van der Waals surface area contributed by atoms with Crippen LogP contribution in [-0.4, -0.2) is 54.9 Å². The van der Waals surface area contributed by atoms with Crippen molar-refractivity contribution in [3.63, 3.8) is 0 Å². The van der Waals surface area contributed by atoms with Crippen LogP contribution in [0.4, 0.5) is 4.79 Å². The van der Waals surface area contributed by atoms with Crippen molar-refractivity contribution < 1.29 is 19.4 Å². The Hall–Kier alpha value is -1.30. The molecule has 2 amide bonds. The number of carbonyl (C=O) groups excluding carboxylic acids is 1. The minimum absolute atomic E-state index is 0.106. The Labute approximate surface area is 75.5 Å². The van der Waals surface area contributed by atoms with E-state index in [2.05, 4.69) is 5.32 Å². The van der Waals surface area contributed by atoms with Crippen LogP contribution in [0.2, 0.25) is 0 Å². The zero-order valence-corrected chi connectivity index (χ0v) is 7.32. The highest BCUT2D eigenvalue weighted by Gasteiger charge is 2.28. The number of rotatable bonds is 1.